The third-order valence-electron chi connectivity index (χ3n) is 3.82. The maximum absolute atomic E-state index is 4.88. The first kappa shape index (κ1) is 12.8. The van der Waals surface area contributed by atoms with Crippen LogP contribution in [-0.4, -0.2) is 11.5 Å². The van der Waals surface area contributed by atoms with Crippen LogP contribution >= 0.6 is 11.3 Å². The second kappa shape index (κ2) is 5.43. The van der Waals surface area contributed by atoms with Crippen molar-refractivity contribution in [2.45, 2.75) is 39.2 Å². The number of hydrogen-bond acceptors (Lipinski definition) is 3. The minimum absolute atomic E-state index is 0.543. The quantitative estimate of drug-likeness (QED) is 0.901. The van der Waals surface area contributed by atoms with Gasteiger partial charge in [0.25, 0.3) is 0 Å². The van der Waals surface area contributed by atoms with E-state index in [4.69, 9.17) is 4.98 Å². The summed E-state index contributed by atoms with van der Waals surface area (Å²) in [7, 11) is 0. The molecule has 1 aliphatic carbocycles. The van der Waals surface area contributed by atoms with Crippen LogP contribution in [0.4, 0.5) is 0 Å². The summed E-state index contributed by atoms with van der Waals surface area (Å²) in [6.45, 7) is 6.33. The first-order chi connectivity index (χ1) is 9.33. The number of nitrogens with zero attached hydrogens (tertiary/aromatic N) is 1. The predicted molar refractivity (Wildman–Crippen MR) is 80.9 cm³/mol. The van der Waals surface area contributed by atoms with Gasteiger partial charge in [0.1, 0.15) is 5.01 Å². The van der Waals surface area contributed by atoms with Gasteiger partial charge in [0.15, 0.2) is 0 Å². The lowest BCUT2D eigenvalue weighted by Crippen LogP contribution is -2.17. The van der Waals surface area contributed by atoms with Gasteiger partial charge < -0.3 is 5.32 Å². The van der Waals surface area contributed by atoms with Crippen molar-refractivity contribution in [1.82, 2.24) is 10.3 Å². The third-order valence-corrected chi connectivity index (χ3v) is 5.03. The van der Waals surface area contributed by atoms with Gasteiger partial charge in [-0.1, -0.05) is 38.1 Å². The van der Waals surface area contributed by atoms with E-state index in [9.17, 15) is 0 Å². The molecule has 1 aliphatic rings. The fourth-order valence-corrected chi connectivity index (χ4v) is 3.93. The van der Waals surface area contributed by atoms with Gasteiger partial charge in [-0.05, 0) is 30.5 Å². The molecule has 0 fully saturated rings. The average Bonchev–Trinajstić information content (AvgIpc) is 2.80. The highest BCUT2D eigenvalue weighted by Gasteiger charge is 2.30. The summed E-state index contributed by atoms with van der Waals surface area (Å²) in [6.07, 6.45) is 2.19. The Balaban J connectivity index is 1.85. The molecule has 1 N–H and O–H groups in total. The van der Waals surface area contributed by atoms with Crippen LogP contribution in [0.5, 0.6) is 0 Å². The van der Waals surface area contributed by atoms with Crippen LogP contribution in [0.25, 0.3) is 0 Å². The zero-order valence-corrected chi connectivity index (χ0v) is 12.4. The van der Waals surface area contributed by atoms with Crippen molar-refractivity contribution in [1.29, 1.82) is 0 Å². The standard InChI is InChI=1S/C16H20N2S/c1-3-14-15(10-17-4-2)19-16(18-14)13-9-11-7-5-6-8-12(11)13/h5-8,13,17H,3-4,9-10H2,1-2H3. The summed E-state index contributed by atoms with van der Waals surface area (Å²) in [5.41, 5.74) is 4.26. The van der Waals surface area contributed by atoms with Crippen molar-refractivity contribution in [3.05, 3.63) is 51.0 Å². The van der Waals surface area contributed by atoms with E-state index in [0.717, 1.165) is 25.9 Å². The largest absolute Gasteiger partial charge is 0.312 e. The topological polar surface area (TPSA) is 24.9 Å². The number of rotatable bonds is 5. The molecule has 0 saturated carbocycles. The van der Waals surface area contributed by atoms with Crippen LogP contribution < -0.4 is 5.32 Å². The lowest BCUT2D eigenvalue weighted by Gasteiger charge is -2.28. The van der Waals surface area contributed by atoms with Crippen LogP contribution in [0.15, 0.2) is 24.3 Å². The second-order valence-corrected chi connectivity index (χ2v) is 6.13. The van der Waals surface area contributed by atoms with Gasteiger partial charge in [0, 0.05) is 17.3 Å². The van der Waals surface area contributed by atoms with Crippen LogP contribution in [0.1, 0.15) is 46.5 Å². The monoisotopic (exact) mass is 272 g/mol. The van der Waals surface area contributed by atoms with E-state index in [1.54, 1.807) is 0 Å². The molecule has 0 amide bonds. The Hall–Kier alpha value is -1.19. The SMILES string of the molecule is CCNCc1sc(C2Cc3ccccc32)nc1CC. The molecule has 0 bridgehead atoms. The van der Waals surface area contributed by atoms with Gasteiger partial charge in [-0.15, -0.1) is 11.3 Å². The molecule has 3 heteroatoms. The second-order valence-electron chi connectivity index (χ2n) is 5.01. The van der Waals surface area contributed by atoms with Gasteiger partial charge >= 0.3 is 0 Å². The summed E-state index contributed by atoms with van der Waals surface area (Å²) in [5, 5.41) is 4.73. The van der Waals surface area contributed by atoms with E-state index in [1.807, 2.05) is 11.3 Å². The van der Waals surface area contributed by atoms with Crippen molar-refractivity contribution >= 4 is 11.3 Å². The number of nitrogens with one attached hydrogen (secondary N) is 1. The van der Waals surface area contributed by atoms with E-state index in [0.29, 0.717) is 5.92 Å². The molecule has 0 saturated heterocycles. The van der Waals surface area contributed by atoms with Crippen LogP contribution in [-0.2, 0) is 19.4 Å². The molecule has 100 valence electrons. The zero-order chi connectivity index (χ0) is 13.2. The van der Waals surface area contributed by atoms with Crippen molar-refractivity contribution in [2.75, 3.05) is 6.54 Å². The van der Waals surface area contributed by atoms with Gasteiger partial charge in [-0.25, -0.2) is 4.98 Å². The lowest BCUT2D eigenvalue weighted by atomic mass is 9.78. The van der Waals surface area contributed by atoms with E-state index >= 15 is 0 Å². The van der Waals surface area contributed by atoms with Crippen LogP contribution in [0.2, 0.25) is 0 Å². The number of aromatic nitrogens is 1. The van der Waals surface area contributed by atoms with E-state index < -0.39 is 0 Å². The molecule has 2 aromatic rings. The zero-order valence-electron chi connectivity index (χ0n) is 11.6. The molecule has 0 aliphatic heterocycles. The van der Waals surface area contributed by atoms with E-state index in [1.165, 1.54) is 26.7 Å². The van der Waals surface area contributed by atoms with Crippen molar-refractivity contribution in [3.63, 3.8) is 0 Å². The number of benzene rings is 1. The first-order valence-corrected chi connectivity index (χ1v) is 7.92. The molecule has 3 rings (SSSR count). The highest BCUT2D eigenvalue weighted by Crippen LogP contribution is 2.42. The normalized spacial score (nSPS) is 17.1. The number of aryl methyl sites for hydroxylation is 1. The third kappa shape index (κ3) is 2.33. The number of thiazole rings is 1. The molecule has 1 aromatic heterocycles. The minimum Gasteiger partial charge on any atom is -0.312 e. The lowest BCUT2D eigenvalue weighted by molar-refractivity contribution is 0.697. The van der Waals surface area contributed by atoms with Crippen molar-refractivity contribution in [2.24, 2.45) is 0 Å². The highest BCUT2D eigenvalue weighted by molar-refractivity contribution is 7.11. The maximum Gasteiger partial charge on any atom is 0.101 e. The van der Waals surface area contributed by atoms with Gasteiger partial charge in [-0.2, -0.15) is 0 Å². The Labute approximate surface area is 118 Å². The summed E-state index contributed by atoms with van der Waals surface area (Å²) in [4.78, 5) is 6.30. The molecule has 2 nitrogen and oxygen atoms in total. The molecule has 1 atom stereocenters. The summed E-state index contributed by atoms with van der Waals surface area (Å²) in [5.74, 6) is 0.543. The Morgan fingerprint density at radius 1 is 1.32 bits per heavy atom. The Morgan fingerprint density at radius 3 is 2.89 bits per heavy atom. The molecule has 1 heterocycles. The molecule has 19 heavy (non-hydrogen) atoms. The van der Waals surface area contributed by atoms with E-state index in [2.05, 4.69) is 43.4 Å². The fourth-order valence-electron chi connectivity index (χ4n) is 2.68. The molecular weight excluding hydrogens is 252 g/mol. The van der Waals surface area contributed by atoms with Crippen molar-refractivity contribution in [3.8, 4) is 0 Å². The minimum atomic E-state index is 0.543. The number of fused-ring (bicyclic) bond motifs is 1. The molecule has 0 spiro atoms. The summed E-state index contributed by atoms with van der Waals surface area (Å²) < 4.78 is 0. The summed E-state index contributed by atoms with van der Waals surface area (Å²) in [6, 6.07) is 8.75. The fraction of sp³-hybridized carbons (Fsp3) is 0.438. The Kier molecular flexibility index (Phi) is 3.67. The number of hydrogen-bond donors (Lipinski definition) is 1. The van der Waals surface area contributed by atoms with Gasteiger partial charge in [0.2, 0.25) is 0 Å². The van der Waals surface area contributed by atoms with Crippen molar-refractivity contribution < 1.29 is 0 Å². The molecule has 0 radical (unpaired) electrons. The first-order valence-electron chi connectivity index (χ1n) is 7.10. The highest BCUT2D eigenvalue weighted by atomic mass is 32.1. The van der Waals surface area contributed by atoms with Gasteiger partial charge in [-0.3, -0.25) is 0 Å². The molecule has 1 aromatic carbocycles. The Bertz CT molecular complexity index is 574. The summed E-state index contributed by atoms with van der Waals surface area (Å²) >= 11 is 1.90. The van der Waals surface area contributed by atoms with Crippen LogP contribution in [0, 0.1) is 0 Å². The smallest absolute Gasteiger partial charge is 0.101 e. The maximum atomic E-state index is 4.88. The van der Waals surface area contributed by atoms with Gasteiger partial charge in [0.05, 0.1) is 5.69 Å². The van der Waals surface area contributed by atoms with E-state index in [-0.39, 0.29) is 0 Å². The molecular formula is C16H20N2S. The predicted octanol–water partition coefficient (Wildman–Crippen LogP) is 3.50. The molecule has 1 unspecified atom stereocenters. The Morgan fingerprint density at radius 2 is 2.16 bits per heavy atom. The van der Waals surface area contributed by atoms with Crippen LogP contribution in [0.3, 0.4) is 0 Å². The average molecular weight is 272 g/mol.